The first-order chi connectivity index (χ1) is 14.0. The van der Waals surface area contributed by atoms with Gasteiger partial charge in [-0.15, -0.1) is 0 Å². The Morgan fingerprint density at radius 1 is 0.931 bits per heavy atom. The fourth-order valence-electron chi connectivity index (χ4n) is 2.73. The predicted molar refractivity (Wildman–Crippen MR) is 110 cm³/mol. The van der Waals surface area contributed by atoms with Crippen LogP contribution in [0.2, 0.25) is 0 Å². The number of hydrogen-bond acceptors (Lipinski definition) is 5. The normalized spacial score (nSPS) is 11.2. The third-order valence-electron chi connectivity index (χ3n) is 4.28. The first-order valence-electron chi connectivity index (χ1n) is 9.14. The number of nitrogens with zero attached hydrogens (tertiary/aromatic N) is 2. The van der Waals surface area contributed by atoms with Crippen molar-refractivity contribution in [2.24, 2.45) is 0 Å². The molecule has 3 aromatic rings. The van der Waals surface area contributed by atoms with Crippen LogP contribution in [0.4, 0.5) is 0 Å². The lowest BCUT2D eigenvalue weighted by Gasteiger charge is -2.09. The van der Waals surface area contributed by atoms with Crippen LogP contribution in [-0.4, -0.2) is 36.4 Å². The van der Waals surface area contributed by atoms with Crippen LogP contribution in [0.25, 0.3) is 11.3 Å². The molecule has 1 heterocycles. The predicted octanol–water partition coefficient (Wildman–Crippen LogP) is 1.89. The summed E-state index contributed by atoms with van der Waals surface area (Å²) < 4.78 is 25.7. The van der Waals surface area contributed by atoms with Gasteiger partial charge in [0.05, 0.1) is 22.9 Å². The van der Waals surface area contributed by atoms with E-state index >= 15 is 0 Å². The Balaban J connectivity index is 1.53. The van der Waals surface area contributed by atoms with E-state index in [0.29, 0.717) is 5.69 Å². The Morgan fingerprint density at radius 3 is 2.28 bits per heavy atom. The number of benzene rings is 2. The largest absolute Gasteiger partial charge is 0.354 e. The van der Waals surface area contributed by atoms with Crippen LogP contribution in [0.3, 0.4) is 0 Å². The number of rotatable bonds is 8. The molecule has 0 atom stereocenters. The van der Waals surface area contributed by atoms with Crippen molar-refractivity contribution < 1.29 is 13.2 Å². The van der Waals surface area contributed by atoms with Gasteiger partial charge in [-0.2, -0.15) is 5.10 Å². The van der Waals surface area contributed by atoms with E-state index in [0.717, 1.165) is 5.56 Å². The molecule has 0 saturated heterocycles. The summed E-state index contributed by atoms with van der Waals surface area (Å²) in [7, 11) is -3.50. The summed E-state index contributed by atoms with van der Waals surface area (Å²) in [6.07, 6.45) is -0.149. The van der Waals surface area contributed by atoms with Crippen LogP contribution in [-0.2, 0) is 21.2 Å². The van der Waals surface area contributed by atoms with Crippen LogP contribution < -0.4 is 10.9 Å². The zero-order valence-electron chi connectivity index (χ0n) is 15.7. The van der Waals surface area contributed by atoms with Crippen molar-refractivity contribution in [2.75, 3.05) is 12.3 Å². The summed E-state index contributed by atoms with van der Waals surface area (Å²) in [6, 6.07) is 20.6. The highest BCUT2D eigenvalue weighted by Crippen LogP contribution is 2.14. The standard InChI is InChI=1S/C21H21N3O4S/c25-20(13-16-29(27,28)18-9-5-2-6-10-18)22-14-15-24-21(26)12-11-19(23-24)17-7-3-1-4-8-17/h1-12H,13-16H2,(H,22,25). The number of aromatic nitrogens is 2. The number of hydrogen-bond donors (Lipinski definition) is 1. The minimum Gasteiger partial charge on any atom is -0.354 e. The smallest absolute Gasteiger partial charge is 0.266 e. The first-order valence-corrected chi connectivity index (χ1v) is 10.8. The molecule has 0 spiro atoms. The van der Waals surface area contributed by atoms with Crippen LogP contribution >= 0.6 is 0 Å². The van der Waals surface area contributed by atoms with E-state index in [1.807, 2.05) is 30.3 Å². The molecule has 150 valence electrons. The van der Waals surface area contributed by atoms with Crippen LogP contribution in [0.1, 0.15) is 6.42 Å². The van der Waals surface area contributed by atoms with Gasteiger partial charge in [0, 0.05) is 24.6 Å². The fraction of sp³-hybridized carbons (Fsp3) is 0.190. The van der Waals surface area contributed by atoms with Gasteiger partial charge in [0.15, 0.2) is 9.84 Å². The van der Waals surface area contributed by atoms with Gasteiger partial charge < -0.3 is 5.32 Å². The molecule has 0 aliphatic rings. The van der Waals surface area contributed by atoms with E-state index in [1.165, 1.54) is 22.9 Å². The SMILES string of the molecule is O=C(CCS(=O)(=O)c1ccccc1)NCCn1nc(-c2ccccc2)ccc1=O. The minimum atomic E-state index is -3.50. The summed E-state index contributed by atoms with van der Waals surface area (Å²) in [5.74, 6) is -0.665. The van der Waals surface area contributed by atoms with Crippen LogP contribution in [0.5, 0.6) is 0 Å². The van der Waals surface area contributed by atoms with Crippen molar-refractivity contribution >= 4 is 15.7 Å². The first kappa shape index (κ1) is 20.5. The quantitative estimate of drug-likeness (QED) is 0.610. The lowest BCUT2D eigenvalue weighted by molar-refractivity contribution is -0.120. The minimum absolute atomic E-state index is 0.149. The van der Waals surface area contributed by atoms with E-state index in [1.54, 1.807) is 24.3 Å². The van der Waals surface area contributed by atoms with Gasteiger partial charge in [0.1, 0.15) is 0 Å². The number of carbonyl (C=O) groups excluding carboxylic acids is 1. The maximum absolute atomic E-state index is 12.2. The van der Waals surface area contributed by atoms with E-state index in [9.17, 15) is 18.0 Å². The highest BCUT2D eigenvalue weighted by atomic mass is 32.2. The van der Waals surface area contributed by atoms with E-state index in [4.69, 9.17) is 0 Å². The fourth-order valence-corrected chi connectivity index (χ4v) is 4.00. The molecule has 1 aromatic heterocycles. The summed E-state index contributed by atoms with van der Waals surface area (Å²) in [5, 5.41) is 6.96. The van der Waals surface area contributed by atoms with Crippen LogP contribution in [0.15, 0.2) is 82.5 Å². The molecule has 3 rings (SSSR count). The molecular formula is C21H21N3O4S. The second-order valence-corrected chi connectivity index (χ2v) is 8.49. The third kappa shape index (κ3) is 5.61. The van der Waals surface area contributed by atoms with Gasteiger partial charge in [0.25, 0.3) is 5.56 Å². The summed E-state index contributed by atoms with van der Waals surface area (Å²) >= 11 is 0. The highest BCUT2D eigenvalue weighted by molar-refractivity contribution is 7.91. The van der Waals surface area contributed by atoms with E-state index in [-0.39, 0.29) is 35.7 Å². The molecule has 1 amide bonds. The van der Waals surface area contributed by atoms with Crippen molar-refractivity contribution in [1.29, 1.82) is 0 Å². The van der Waals surface area contributed by atoms with Gasteiger partial charge in [-0.05, 0) is 18.2 Å². The maximum Gasteiger partial charge on any atom is 0.266 e. The van der Waals surface area contributed by atoms with E-state index < -0.39 is 15.7 Å². The average Bonchev–Trinajstić information content (AvgIpc) is 2.75. The van der Waals surface area contributed by atoms with Crippen LogP contribution in [0, 0.1) is 0 Å². The average molecular weight is 411 g/mol. The zero-order chi connectivity index (χ0) is 20.7. The molecule has 0 saturated carbocycles. The Bertz CT molecular complexity index is 1130. The Labute approximate surface area is 168 Å². The van der Waals surface area contributed by atoms with Crippen molar-refractivity contribution in [3.05, 3.63) is 83.2 Å². The van der Waals surface area contributed by atoms with Gasteiger partial charge >= 0.3 is 0 Å². The van der Waals surface area contributed by atoms with Crippen molar-refractivity contribution in [3.8, 4) is 11.3 Å². The molecule has 0 aliphatic heterocycles. The van der Waals surface area contributed by atoms with Crippen molar-refractivity contribution in [3.63, 3.8) is 0 Å². The molecule has 0 fully saturated rings. The molecule has 0 radical (unpaired) electrons. The monoisotopic (exact) mass is 411 g/mol. The Morgan fingerprint density at radius 2 is 1.59 bits per heavy atom. The second kappa shape index (κ2) is 9.29. The molecule has 2 aromatic carbocycles. The molecule has 7 nitrogen and oxygen atoms in total. The highest BCUT2D eigenvalue weighted by Gasteiger charge is 2.15. The number of amides is 1. The number of nitrogens with one attached hydrogen (secondary N) is 1. The summed E-state index contributed by atoms with van der Waals surface area (Å²) in [6.45, 7) is 0.367. The Hall–Kier alpha value is -3.26. The molecule has 0 aliphatic carbocycles. The topological polar surface area (TPSA) is 98.1 Å². The van der Waals surface area contributed by atoms with E-state index in [2.05, 4.69) is 10.4 Å². The molecular weight excluding hydrogens is 390 g/mol. The maximum atomic E-state index is 12.2. The molecule has 0 unspecified atom stereocenters. The van der Waals surface area contributed by atoms with Gasteiger partial charge in [0.2, 0.25) is 5.91 Å². The third-order valence-corrected chi connectivity index (χ3v) is 6.01. The number of sulfone groups is 1. The van der Waals surface area contributed by atoms with Gasteiger partial charge in [-0.1, -0.05) is 48.5 Å². The van der Waals surface area contributed by atoms with Crippen molar-refractivity contribution in [1.82, 2.24) is 15.1 Å². The lowest BCUT2D eigenvalue weighted by atomic mass is 10.1. The van der Waals surface area contributed by atoms with Gasteiger partial charge in [-0.25, -0.2) is 13.1 Å². The zero-order valence-corrected chi connectivity index (χ0v) is 16.5. The lowest BCUT2D eigenvalue weighted by Crippen LogP contribution is -2.32. The summed E-state index contributed by atoms with van der Waals surface area (Å²) in [5.41, 5.74) is 1.27. The molecule has 8 heteroatoms. The van der Waals surface area contributed by atoms with Gasteiger partial charge in [-0.3, -0.25) is 9.59 Å². The summed E-state index contributed by atoms with van der Waals surface area (Å²) in [4.78, 5) is 24.2. The van der Waals surface area contributed by atoms with Crippen molar-refractivity contribution in [2.45, 2.75) is 17.9 Å². The Kier molecular flexibility index (Phi) is 6.56. The molecule has 1 N–H and O–H groups in total. The second-order valence-electron chi connectivity index (χ2n) is 6.38. The number of carbonyl (C=O) groups is 1. The molecule has 29 heavy (non-hydrogen) atoms. The molecule has 0 bridgehead atoms.